The summed E-state index contributed by atoms with van der Waals surface area (Å²) >= 11 is 1.80. The summed E-state index contributed by atoms with van der Waals surface area (Å²) in [5.41, 5.74) is 1.06. The first-order chi connectivity index (χ1) is 8.38. The molecular formula is C15H10OS. The highest BCUT2D eigenvalue weighted by Gasteiger charge is 2.03. The van der Waals surface area contributed by atoms with Gasteiger partial charge in [0, 0.05) is 20.2 Å². The number of rotatable bonds is 2. The van der Waals surface area contributed by atoms with Gasteiger partial charge in [0.15, 0.2) is 0 Å². The Labute approximate surface area is 103 Å². The molecular weight excluding hydrogens is 228 g/mol. The predicted octanol–water partition coefficient (Wildman–Crippen LogP) is 4.27. The lowest BCUT2D eigenvalue weighted by atomic mass is 10.1. The molecule has 0 spiro atoms. The summed E-state index contributed by atoms with van der Waals surface area (Å²) < 4.78 is 2.59. The van der Waals surface area contributed by atoms with Crippen molar-refractivity contribution in [3.05, 3.63) is 54.1 Å². The lowest BCUT2D eigenvalue weighted by Gasteiger charge is -1.94. The SMILES string of the molecule is O=CC=Cc1ccc2sc3ccccc3c2c1. The van der Waals surface area contributed by atoms with Gasteiger partial charge >= 0.3 is 0 Å². The molecule has 0 saturated heterocycles. The quantitative estimate of drug-likeness (QED) is 0.481. The van der Waals surface area contributed by atoms with Crippen LogP contribution in [0.4, 0.5) is 0 Å². The van der Waals surface area contributed by atoms with E-state index >= 15 is 0 Å². The summed E-state index contributed by atoms with van der Waals surface area (Å²) in [6.07, 6.45) is 4.16. The number of allylic oxidation sites excluding steroid dienone is 1. The number of hydrogen-bond acceptors (Lipinski definition) is 2. The van der Waals surface area contributed by atoms with Gasteiger partial charge in [-0.15, -0.1) is 11.3 Å². The fourth-order valence-corrected chi connectivity index (χ4v) is 3.08. The molecule has 1 heterocycles. The van der Waals surface area contributed by atoms with Gasteiger partial charge in [0.1, 0.15) is 6.29 Å². The van der Waals surface area contributed by atoms with Crippen molar-refractivity contribution in [2.75, 3.05) is 0 Å². The van der Waals surface area contributed by atoms with E-state index in [1.807, 2.05) is 12.1 Å². The van der Waals surface area contributed by atoms with Crippen LogP contribution in [0.1, 0.15) is 5.56 Å². The average Bonchev–Trinajstić information content (AvgIpc) is 2.74. The van der Waals surface area contributed by atoms with Crippen LogP contribution in [-0.4, -0.2) is 6.29 Å². The molecule has 3 aromatic rings. The smallest absolute Gasteiger partial charge is 0.142 e. The molecule has 0 fully saturated rings. The number of hydrogen-bond donors (Lipinski definition) is 0. The molecule has 0 aliphatic rings. The van der Waals surface area contributed by atoms with Crippen LogP contribution < -0.4 is 0 Å². The molecule has 1 aromatic heterocycles. The van der Waals surface area contributed by atoms with Crippen molar-refractivity contribution < 1.29 is 4.79 Å². The monoisotopic (exact) mass is 238 g/mol. The second-order valence-electron chi connectivity index (χ2n) is 3.85. The minimum atomic E-state index is 0.802. The molecule has 0 N–H and O–H groups in total. The van der Waals surface area contributed by atoms with E-state index in [4.69, 9.17) is 0 Å². The van der Waals surface area contributed by atoms with E-state index in [-0.39, 0.29) is 0 Å². The summed E-state index contributed by atoms with van der Waals surface area (Å²) in [5, 5.41) is 2.55. The van der Waals surface area contributed by atoms with Crippen LogP contribution in [0.5, 0.6) is 0 Å². The van der Waals surface area contributed by atoms with Gasteiger partial charge in [-0.2, -0.15) is 0 Å². The first kappa shape index (κ1) is 10.2. The van der Waals surface area contributed by atoms with Gasteiger partial charge in [-0.25, -0.2) is 0 Å². The first-order valence-electron chi connectivity index (χ1n) is 5.41. The second kappa shape index (κ2) is 4.15. The Hall–Kier alpha value is -1.93. The zero-order chi connectivity index (χ0) is 11.7. The number of benzene rings is 2. The topological polar surface area (TPSA) is 17.1 Å². The van der Waals surface area contributed by atoms with Crippen LogP contribution in [0, 0.1) is 0 Å². The molecule has 1 nitrogen and oxygen atoms in total. The van der Waals surface area contributed by atoms with Crippen LogP contribution in [0.3, 0.4) is 0 Å². The highest BCUT2D eigenvalue weighted by Crippen LogP contribution is 2.34. The summed E-state index contributed by atoms with van der Waals surface area (Å²) in [6, 6.07) is 14.7. The van der Waals surface area contributed by atoms with Crippen LogP contribution >= 0.6 is 11.3 Å². The Morgan fingerprint density at radius 3 is 2.65 bits per heavy atom. The van der Waals surface area contributed by atoms with Crippen LogP contribution in [0.25, 0.3) is 26.2 Å². The Morgan fingerprint density at radius 1 is 0.941 bits per heavy atom. The van der Waals surface area contributed by atoms with E-state index in [9.17, 15) is 4.79 Å². The van der Waals surface area contributed by atoms with E-state index in [0.29, 0.717) is 0 Å². The van der Waals surface area contributed by atoms with Crippen molar-refractivity contribution in [1.29, 1.82) is 0 Å². The van der Waals surface area contributed by atoms with Crippen molar-refractivity contribution in [3.63, 3.8) is 0 Å². The van der Waals surface area contributed by atoms with E-state index in [0.717, 1.165) is 11.8 Å². The molecule has 0 amide bonds. The molecule has 2 aromatic carbocycles. The van der Waals surface area contributed by atoms with E-state index in [2.05, 4.69) is 36.4 Å². The highest BCUT2D eigenvalue weighted by molar-refractivity contribution is 7.25. The lowest BCUT2D eigenvalue weighted by molar-refractivity contribution is -0.104. The third-order valence-corrected chi connectivity index (χ3v) is 3.92. The molecule has 0 unspecified atom stereocenters. The lowest BCUT2D eigenvalue weighted by Crippen LogP contribution is -1.72. The second-order valence-corrected chi connectivity index (χ2v) is 4.93. The number of aldehydes is 1. The van der Waals surface area contributed by atoms with E-state index in [1.54, 1.807) is 11.3 Å². The van der Waals surface area contributed by atoms with Gasteiger partial charge in [0.25, 0.3) is 0 Å². The molecule has 0 atom stereocenters. The van der Waals surface area contributed by atoms with Crippen LogP contribution in [0.15, 0.2) is 48.5 Å². The summed E-state index contributed by atoms with van der Waals surface area (Å²) in [7, 11) is 0. The van der Waals surface area contributed by atoms with E-state index < -0.39 is 0 Å². The van der Waals surface area contributed by atoms with Crippen LogP contribution in [-0.2, 0) is 4.79 Å². The van der Waals surface area contributed by atoms with Gasteiger partial charge in [0.2, 0.25) is 0 Å². The Morgan fingerprint density at radius 2 is 1.76 bits per heavy atom. The third kappa shape index (κ3) is 1.77. The van der Waals surface area contributed by atoms with Gasteiger partial charge in [-0.3, -0.25) is 4.79 Å². The molecule has 0 aliphatic carbocycles. The average molecular weight is 238 g/mol. The predicted molar refractivity (Wildman–Crippen MR) is 74.4 cm³/mol. The molecule has 0 saturated carbocycles. The third-order valence-electron chi connectivity index (χ3n) is 2.77. The van der Waals surface area contributed by atoms with Gasteiger partial charge < -0.3 is 0 Å². The van der Waals surface area contributed by atoms with Crippen molar-refractivity contribution >= 4 is 43.9 Å². The standard InChI is InChI=1S/C15H10OS/c16-9-3-4-11-7-8-15-13(10-11)12-5-1-2-6-14(12)17-15/h1-10H. The molecule has 82 valence electrons. The first-order valence-corrected chi connectivity index (χ1v) is 6.23. The van der Waals surface area contributed by atoms with Crippen molar-refractivity contribution in [2.45, 2.75) is 0 Å². The fraction of sp³-hybridized carbons (Fsp3) is 0. The zero-order valence-corrected chi connectivity index (χ0v) is 9.91. The number of carbonyl (C=O) groups is 1. The normalized spacial score (nSPS) is 11.5. The number of thiophene rings is 1. The maximum Gasteiger partial charge on any atom is 0.142 e. The largest absolute Gasteiger partial charge is 0.299 e. The summed E-state index contributed by atoms with van der Waals surface area (Å²) in [5.74, 6) is 0. The van der Waals surface area contributed by atoms with Gasteiger partial charge in [-0.05, 0) is 29.8 Å². The molecule has 0 bridgehead atoms. The van der Waals surface area contributed by atoms with Crippen molar-refractivity contribution in [1.82, 2.24) is 0 Å². The molecule has 17 heavy (non-hydrogen) atoms. The highest BCUT2D eigenvalue weighted by atomic mass is 32.1. The number of fused-ring (bicyclic) bond motifs is 3. The Balaban J connectivity index is 2.29. The van der Waals surface area contributed by atoms with Gasteiger partial charge in [-0.1, -0.05) is 30.3 Å². The maximum absolute atomic E-state index is 10.3. The Bertz CT molecular complexity index is 722. The fourth-order valence-electron chi connectivity index (χ4n) is 2.00. The van der Waals surface area contributed by atoms with Crippen molar-refractivity contribution in [3.8, 4) is 0 Å². The van der Waals surface area contributed by atoms with Crippen molar-refractivity contribution in [2.24, 2.45) is 0 Å². The number of carbonyl (C=O) groups excluding carboxylic acids is 1. The minimum absolute atomic E-state index is 0.802. The van der Waals surface area contributed by atoms with Crippen LogP contribution in [0.2, 0.25) is 0 Å². The maximum atomic E-state index is 10.3. The summed E-state index contributed by atoms with van der Waals surface area (Å²) in [6.45, 7) is 0. The molecule has 2 heteroatoms. The summed E-state index contributed by atoms with van der Waals surface area (Å²) in [4.78, 5) is 10.3. The molecule has 0 aliphatic heterocycles. The van der Waals surface area contributed by atoms with E-state index in [1.165, 1.54) is 26.2 Å². The Kier molecular flexibility index (Phi) is 2.50. The zero-order valence-electron chi connectivity index (χ0n) is 9.09. The molecule has 0 radical (unpaired) electrons. The van der Waals surface area contributed by atoms with Gasteiger partial charge in [0.05, 0.1) is 0 Å². The molecule has 3 rings (SSSR count). The minimum Gasteiger partial charge on any atom is -0.299 e.